The van der Waals surface area contributed by atoms with Crippen LogP contribution in [0.4, 0.5) is 0 Å². The molecular formula is C10H18O2. The molecule has 2 heteroatoms. The summed E-state index contributed by atoms with van der Waals surface area (Å²) in [5.74, 6) is -0.740. The molecule has 0 spiro atoms. The van der Waals surface area contributed by atoms with Crippen molar-refractivity contribution < 1.29 is 9.90 Å². The largest absolute Gasteiger partial charge is 0.478 e. The standard InChI is InChI=1S/C10H18O2/c1-4-7-9(10(11)12)8(5-2)6-3/h4-7H2,1-3H3,(H,11,12). The molecular weight excluding hydrogens is 152 g/mol. The maximum Gasteiger partial charge on any atom is 0.331 e. The second kappa shape index (κ2) is 5.81. The molecule has 0 atom stereocenters. The summed E-state index contributed by atoms with van der Waals surface area (Å²) >= 11 is 0. The zero-order valence-corrected chi connectivity index (χ0v) is 8.18. The molecule has 0 heterocycles. The molecule has 2 nitrogen and oxygen atoms in total. The van der Waals surface area contributed by atoms with Crippen molar-refractivity contribution in [1.82, 2.24) is 0 Å². The van der Waals surface area contributed by atoms with Crippen LogP contribution in [0.3, 0.4) is 0 Å². The Morgan fingerprint density at radius 3 is 1.92 bits per heavy atom. The lowest BCUT2D eigenvalue weighted by Crippen LogP contribution is -2.04. The van der Waals surface area contributed by atoms with Gasteiger partial charge in [0.1, 0.15) is 0 Å². The van der Waals surface area contributed by atoms with Crippen LogP contribution >= 0.6 is 0 Å². The van der Waals surface area contributed by atoms with Gasteiger partial charge in [-0.1, -0.05) is 32.8 Å². The average molecular weight is 170 g/mol. The molecule has 0 aliphatic heterocycles. The molecule has 0 saturated heterocycles. The van der Waals surface area contributed by atoms with Crippen molar-refractivity contribution in [2.75, 3.05) is 0 Å². The van der Waals surface area contributed by atoms with Gasteiger partial charge >= 0.3 is 5.97 Å². The molecule has 0 rings (SSSR count). The molecule has 0 aromatic rings. The van der Waals surface area contributed by atoms with Gasteiger partial charge in [0.2, 0.25) is 0 Å². The van der Waals surface area contributed by atoms with E-state index in [1.807, 2.05) is 20.8 Å². The summed E-state index contributed by atoms with van der Waals surface area (Å²) < 4.78 is 0. The van der Waals surface area contributed by atoms with Gasteiger partial charge in [0.25, 0.3) is 0 Å². The smallest absolute Gasteiger partial charge is 0.331 e. The topological polar surface area (TPSA) is 37.3 Å². The maximum atomic E-state index is 10.8. The summed E-state index contributed by atoms with van der Waals surface area (Å²) in [7, 11) is 0. The monoisotopic (exact) mass is 170 g/mol. The summed E-state index contributed by atoms with van der Waals surface area (Å²) in [5, 5.41) is 8.88. The van der Waals surface area contributed by atoms with Crippen molar-refractivity contribution in [2.24, 2.45) is 0 Å². The maximum absolute atomic E-state index is 10.8. The minimum absolute atomic E-state index is 0.627. The van der Waals surface area contributed by atoms with Gasteiger partial charge < -0.3 is 5.11 Å². The number of carbonyl (C=O) groups is 1. The quantitative estimate of drug-likeness (QED) is 0.644. The van der Waals surface area contributed by atoms with Gasteiger partial charge in [-0.05, 0) is 19.3 Å². The van der Waals surface area contributed by atoms with Crippen molar-refractivity contribution >= 4 is 5.97 Å². The number of hydrogen-bond donors (Lipinski definition) is 1. The Kier molecular flexibility index (Phi) is 5.43. The Morgan fingerprint density at radius 1 is 1.17 bits per heavy atom. The number of aliphatic carboxylic acids is 1. The molecule has 0 radical (unpaired) electrons. The van der Waals surface area contributed by atoms with Crippen LogP contribution in [-0.4, -0.2) is 11.1 Å². The highest BCUT2D eigenvalue weighted by atomic mass is 16.4. The van der Waals surface area contributed by atoms with Crippen LogP contribution in [0.5, 0.6) is 0 Å². The Labute approximate surface area is 74.3 Å². The Morgan fingerprint density at radius 2 is 1.67 bits per heavy atom. The van der Waals surface area contributed by atoms with Crippen molar-refractivity contribution in [3.05, 3.63) is 11.1 Å². The number of allylic oxidation sites excluding steroid dienone is 1. The van der Waals surface area contributed by atoms with Gasteiger partial charge in [0.15, 0.2) is 0 Å². The highest BCUT2D eigenvalue weighted by molar-refractivity contribution is 5.87. The minimum Gasteiger partial charge on any atom is -0.478 e. The van der Waals surface area contributed by atoms with E-state index >= 15 is 0 Å². The minimum atomic E-state index is -0.740. The van der Waals surface area contributed by atoms with Crippen LogP contribution in [-0.2, 0) is 4.79 Å². The summed E-state index contributed by atoms with van der Waals surface area (Å²) in [6.07, 6.45) is 3.33. The van der Waals surface area contributed by atoms with E-state index in [4.69, 9.17) is 5.11 Å². The molecule has 0 fully saturated rings. The number of hydrogen-bond acceptors (Lipinski definition) is 1. The molecule has 1 N–H and O–H groups in total. The molecule has 0 aliphatic carbocycles. The summed E-state index contributed by atoms with van der Waals surface area (Å²) in [4.78, 5) is 10.8. The lowest BCUT2D eigenvalue weighted by atomic mass is 10.00. The molecule has 70 valence electrons. The van der Waals surface area contributed by atoms with Gasteiger partial charge in [-0.15, -0.1) is 0 Å². The predicted octanol–water partition coefficient (Wildman–Crippen LogP) is 2.99. The van der Waals surface area contributed by atoms with Crippen LogP contribution in [0.2, 0.25) is 0 Å². The molecule has 0 bridgehead atoms. The Hall–Kier alpha value is -0.790. The van der Waals surface area contributed by atoms with E-state index in [0.717, 1.165) is 24.8 Å². The second-order valence-corrected chi connectivity index (χ2v) is 2.84. The van der Waals surface area contributed by atoms with Crippen molar-refractivity contribution in [3.63, 3.8) is 0 Å². The van der Waals surface area contributed by atoms with Gasteiger partial charge in [0.05, 0.1) is 0 Å². The molecule has 0 aromatic carbocycles. The van der Waals surface area contributed by atoms with Crippen LogP contribution in [0, 0.1) is 0 Å². The zero-order valence-electron chi connectivity index (χ0n) is 8.18. The first-order valence-corrected chi connectivity index (χ1v) is 4.61. The van der Waals surface area contributed by atoms with Crippen molar-refractivity contribution in [1.29, 1.82) is 0 Å². The van der Waals surface area contributed by atoms with Gasteiger partial charge in [0, 0.05) is 5.57 Å². The Bertz CT molecular complexity index is 174. The van der Waals surface area contributed by atoms with Crippen molar-refractivity contribution in [3.8, 4) is 0 Å². The average Bonchev–Trinajstić information content (AvgIpc) is 2.05. The molecule has 0 amide bonds. The third-order valence-electron chi connectivity index (χ3n) is 2.04. The van der Waals surface area contributed by atoms with Crippen LogP contribution in [0.25, 0.3) is 0 Å². The van der Waals surface area contributed by atoms with E-state index in [9.17, 15) is 4.79 Å². The van der Waals surface area contributed by atoms with Gasteiger partial charge in [-0.25, -0.2) is 4.79 Å². The predicted molar refractivity (Wildman–Crippen MR) is 50.2 cm³/mol. The second-order valence-electron chi connectivity index (χ2n) is 2.84. The van der Waals surface area contributed by atoms with Crippen LogP contribution < -0.4 is 0 Å². The molecule has 12 heavy (non-hydrogen) atoms. The van der Waals surface area contributed by atoms with Crippen LogP contribution in [0.1, 0.15) is 46.5 Å². The number of rotatable bonds is 5. The van der Waals surface area contributed by atoms with Crippen LogP contribution in [0.15, 0.2) is 11.1 Å². The van der Waals surface area contributed by atoms with E-state index in [1.54, 1.807) is 0 Å². The lowest BCUT2D eigenvalue weighted by molar-refractivity contribution is -0.132. The summed E-state index contributed by atoms with van der Waals surface area (Å²) in [5.41, 5.74) is 1.71. The fraction of sp³-hybridized carbons (Fsp3) is 0.700. The normalized spacial score (nSPS) is 9.58. The van der Waals surface area contributed by atoms with Gasteiger partial charge in [-0.2, -0.15) is 0 Å². The highest BCUT2D eigenvalue weighted by Crippen LogP contribution is 2.17. The van der Waals surface area contributed by atoms with E-state index in [-0.39, 0.29) is 0 Å². The van der Waals surface area contributed by atoms with E-state index in [0.29, 0.717) is 12.0 Å². The van der Waals surface area contributed by atoms with E-state index in [2.05, 4.69) is 0 Å². The highest BCUT2D eigenvalue weighted by Gasteiger charge is 2.10. The Balaban J connectivity index is 4.63. The molecule has 0 aromatic heterocycles. The first-order chi connectivity index (χ1) is 5.67. The number of carboxylic acid groups (broad SMARTS) is 1. The molecule has 0 saturated carbocycles. The summed E-state index contributed by atoms with van der Waals surface area (Å²) in [6, 6.07) is 0. The fourth-order valence-electron chi connectivity index (χ4n) is 1.36. The molecule has 0 unspecified atom stereocenters. The summed E-state index contributed by atoms with van der Waals surface area (Å²) in [6.45, 7) is 6.03. The third-order valence-corrected chi connectivity index (χ3v) is 2.04. The first-order valence-electron chi connectivity index (χ1n) is 4.61. The first kappa shape index (κ1) is 11.2. The lowest BCUT2D eigenvalue weighted by Gasteiger charge is -2.07. The zero-order chi connectivity index (χ0) is 9.56. The van der Waals surface area contributed by atoms with E-state index in [1.165, 1.54) is 0 Å². The number of carboxylic acids is 1. The van der Waals surface area contributed by atoms with E-state index < -0.39 is 5.97 Å². The fourth-order valence-corrected chi connectivity index (χ4v) is 1.36. The third kappa shape index (κ3) is 3.07. The SMILES string of the molecule is CCCC(C(=O)O)=C(CC)CC. The van der Waals surface area contributed by atoms with Crippen molar-refractivity contribution in [2.45, 2.75) is 46.5 Å². The molecule has 0 aliphatic rings. The van der Waals surface area contributed by atoms with Gasteiger partial charge in [-0.3, -0.25) is 0 Å².